The van der Waals surface area contributed by atoms with Crippen LogP contribution < -0.4 is 0 Å². The minimum atomic E-state index is -1.04. The Morgan fingerprint density at radius 1 is 0.867 bits per heavy atom. The second-order valence-corrected chi connectivity index (χ2v) is 7.39. The number of aliphatic carboxylic acids is 1. The molecule has 0 spiro atoms. The first kappa shape index (κ1) is 25.6. The van der Waals surface area contributed by atoms with Crippen LogP contribution in [0.25, 0.3) is 0 Å². The van der Waals surface area contributed by atoms with Crippen molar-refractivity contribution in [1.82, 2.24) is 4.90 Å². The molecule has 0 saturated carbocycles. The van der Waals surface area contributed by atoms with Gasteiger partial charge in [0.2, 0.25) is 5.91 Å². The first-order valence-electron chi connectivity index (χ1n) is 11.0. The van der Waals surface area contributed by atoms with Gasteiger partial charge >= 0.3 is 5.97 Å². The summed E-state index contributed by atoms with van der Waals surface area (Å²) < 4.78 is 0. The summed E-state index contributed by atoms with van der Waals surface area (Å²) in [5.41, 5.74) is 0. The lowest BCUT2D eigenvalue weighted by atomic mass is 10.1. The number of allylic oxidation sites excluding steroid dienone is 10. The van der Waals surface area contributed by atoms with Crippen molar-refractivity contribution < 1.29 is 19.8 Å². The van der Waals surface area contributed by atoms with Gasteiger partial charge in [-0.15, -0.1) is 0 Å². The van der Waals surface area contributed by atoms with Crippen LogP contribution in [0.4, 0.5) is 0 Å². The molecule has 0 aromatic heterocycles. The Bertz CT molecular complexity index is 646. The zero-order chi connectivity index (χ0) is 22.0. The molecule has 0 aromatic carbocycles. The van der Waals surface area contributed by atoms with Gasteiger partial charge < -0.3 is 15.1 Å². The molecule has 1 saturated heterocycles. The van der Waals surface area contributed by atoms with Crippen LogP contribution in [-0.4, -0.2) is 45.7 Å². The number of unbranched alkanes of at least 4 members (excludes halogenated alkanes) is 1. The Morgan fingerprint density at radius 3 is 1.87 bits per heavy atom. The highest BCUT2D eigenvalue weighted by atomic mass is 16.4. The molecule has 1 heterocycles. The zero-order valence-electron chi connectivity index (χ0n) is 18.2. The molecule has 0 bridgehead atoms. The maximum Gasteiger partial charge on any atom is 0.326 e. The molecular weight excluding hydrogens is 378 g/mol. The van der Waals surface area contributed by atoms with Gasteiger partial charge in [-0.25, -0.2) is 4.79 Å². The van der Waals surface area contributed by atoms with E-state index in [1.54, 1.807) is 0 Å². The number of carboxylic acid groups (broad SMARTS) is 1. The number of β-amino-alcohol motifs (C(OH)–C–C–N with tert-alkyl or cyclic N) is 1. The summed E-state index contributed by atoms with van der Waals surface area (Å²) >= 11 is 0. The fraction of sp³-hybridized carbons (Fsp3) is 0.520. The van der Waals surface area contributed by atoms with E-state index in [-0.39, 0.29) is 18.9 Å². The summed E-state index contributed by atoms with van der Waals surface area (Å²) in [7, 11) is 0. The van der Waals surface area contributed by atoms with Crippen molar-refractivity contribution in [2.45, 2.75) is 76.9 Å². The number of aliphatic hydroxyl groups is 1. The SMILES string of the molecule is CC/C=C\C/C=C/C/C=C/C/C=C/C/C=C/CCCC(=O)N1CC(O)CC1C(=O)O. The third-order valence-corrected chi connectivity index (χ3v) is 4.80. The summed E-state index contributed by atoms with van der Waals surface area (Å²) in [6.45, 7) is 2.26. The molecule has 2 atom stereocenters. The van der Waals surface area contributed by atoms with Gasteiger partial charge in [0.15, 0.2) is 0 Å². The number of rotatable bonds is 14. The van der Waals surface area contributed by atoms with E-state index >= 15 is 0 Å². The van der Waals surface area contributed by atoms with Crippen molar-refractivity contribution in [1.29, 1.82) is 0 Å². The van der Waals surface area contributed by atoms with Crippen LogP contribution in [0.15, 0.2) is 60.8 Å². The van der Waals surface area contributed by atoms with Crippen molar-refractivity contribution in [3.8, 4) is 0 Å². The Kier molecular flexibility index (Phi) is 14.0. The lowest BCUT2D eigenvalue weighted by molar-refractivity contribution is -0.148. The number of amides is 1. The minimum Gasteiger partial charge on any atom is -0.480 e. The predicted molar refractivity (Wildman–Crippen MR) is 122 cm³/mol. The van der Waals surface area contributed by atoms with Gasteiger partial charge in [0.1, 0.15) is 6.04 Å². The van der Waals surface area contributed by atoms with Crippen molar-refractivity contribution >= 4 is 11.9 Å². The Morgan fingerprint density at radius 2 is 1.37 bits per heavy atom. The quantitative estimate of drug-likeness (QED) is 0.311. The van der Waals surface area contributed by atoms with Crippen molar-refractivity contribution in [2.24, 2.45) is 0 Å². The van der Waals surface area contributed by atoms with E-state index in [1.165, 1.54) is 4.90 Å². The molecule has 2 N–H and O–H groups in total. The Hall–Kier alpha value is -2.40. The lowest BCUT2D eigenvalue weighted by Gasteiger charge is -2.20. The molecule has 2 unspecified atom stereocenters. The van der Waals surface area contributed by atoms with Gasteiger partial charge in [0.25, 0.3) is 0 Å². The fourth-order valence-electron chi connectivity index (χ4n) is 3.21. The number of carboxylic acids is 1. The third-order valence-electron chi connectivity index (χ3n) is 4.80. The normalized spacial score (nSPS) is 20.1. The van der Waals surface area contributed by atoms with E-state index < -0.39 is 18.1 Å². The Balaban J connectivity index is 2.07. The number of likely N-dealkylation sites (tertiary alicyclic amines) is 1. The van der Waals surface area contributed by atoms with E-state index in [9.17, 15) is 14.7 Å². The average Bonchev–Trinajstić information content (AvgIpc) is 3.12. The largest absolute Gasteiger partial charge is 0.480 e. The first-order valence-corrected chi connectivity index (χ1v) is 11.0. The van der Waals surface area contributed by atoms with Crippen LogP contribution in [0.1, 0.15) is 64.7 Å². The van der Waals surface area contributed by atoms with Crippen molar-refractivity contribution in [2.75, 3.05) is 6.54 Å². The first-order chi connectivity index (χ1) is 14.6. The summed E-state index contributed by atoms with van der Waals surface area (Å²) in [6.07, 6.45) is 27.5. The fourth-order valence-corrected chi connectivity index (χ4v) is 3.21. The summed E-state index contributed by atoms with van der Waals surface area (Å²) in [4.78, 5) is 24.6. The number of carbonyl (C=O) groups is 2. The molecule has 1 amide bonds. The lowest BCUT2D eigenvalue weighted by Crippen LogP contribution is -2.40. The van der Waals surface area contributed by atoms with Crippen LogP contribution in [0.5, 0.6) is 0 Å². The maximum atomic E-state index is 12.2. The van der Waals surface area contributed by atoms with Crippen LogP contribution in [-0.2, 0) is 9.59 Å². The van der Waals surface area contributed by atoms with Crippen LogP contribution >= 0.6 is 0 Å². The van der Waals surface area contributed by atoms with Crippen molar-refractivity contribution in [3.63, 3.8) is 0 Å². The molecule has 1 fully saturated rings. The van der Waals surface area contributed by atoms with Crippen LogP contribution in [0.3, 0.4) is 0 Å². The molecule has 1 aliphatic rings. The molecule has 0 aromatic rings. The molecule has 30 heavy (non-hydrogen) atoms. The summed E-state index contributed by atoms with van der Waals surface area (Å²) in [5, 5.41) is 18.7. The third kappa shape index (κ3) is 11.6. The number of nitrogens with zero attached hydrogens (tertiary/aromatic N) is 1. The van der Waals surface area contributed by atoms with E-state index in [1.807, 2.05) is 0 Å². The molecule has 166 valence electrons. The maximum absolute atomic E-state index is 12.2. The molecule has 0 aliphatic carbocycles. The molecule has 0 radical (unpaired) electrons. The second-order valence-electron chi connectivity index (χ2n) is 7.39. The highest BCUT2D eigenvalue weighted by Gasteiger charge is 2.38. The summed E-state index contributed by atoms with van der Waals surface area (Å²) in [5.74, 6) is -1.23. The summed E-state index contributed by atoms with van der Waals surface area (Å²) in [6, 6.07) is -0.888. The molecule has 5 heteroatoms. The van der Waals surface area contributed by atoms with Crippen LogP contribution in [0.2, 0.25) is 0 Å². The standard InChI is InChI=1S/C25H37NO4/c1-2-3-4-5-6-7-8-9-10-11-12-13-14-15-16-17-18-19-24(28)26-21-22(27)20-23(26)25(29)30/h3-4,6-7,9-10,12-13,15-16,22-23,27H,2,5,8,11,14,17-21H2,1H3,(H,29,30)/b4-3-,7-6+,10-9+,13-12+,16-15+. The van der Waals surface area contributed by atoms with Gasteiger partial charge in [0, 0.05) is 19.4 Å². The monoisotopic (exact) mass is 415 g/mol. The number of hydrogen-bond acceptors (Lipinski definition) is 3. The van der Waals surface area contributed by atoms with Crippen LogP contribution in [0, 0.1) is 0 Å². The molecule has 5 nitrogen and oxygen atoms in total. The molecular formula is C25H37NO4. The smallest absolute Gasteiger partial charge is 0.326 e. The van der Waals surface area contributed by atoms with Gasteiger partial charge in [-0.3, -0.25) is 4.79 Å². The highest BCUT2D eigenvalue weighted by Crippen LogP contribution is 2.19. The minimum absolute atomic E-state index is 0.121. The number of carbonyl (C=O) groups excluding carboxylic acids is 1. The molecule has 1 rings (SSSR count). The number of aliphatic hydroxyl groups excluding tert-OH is 1. The second kappa shape index (κ2) is 16.4. The van der Waals surface area contributed by atoms with E-state index in [0.717, 1.165) is 38.5 Å². The average molecular weight is 416 g/mol. The Labute approximate surface area is 181 Å². The van der Waals surface area contributed by atoms with Crippen molar-refractivity contribution in [3.05, 3.63) is 60.8 Å². The highest BCUT2D eigenvalue weighted by molar-refractivity contribution is 5.84. The number of hydrogen-bond donors (Lipinski definition) is 2. The zero-order valence-corrected chi connectivity index (χ0v) is 18.2. The van der Waals surface area contributed by atoms with Gasteiger partial charge in [0.05, 0.1) is 6.10 Å². The molecule has 1 aliphatic heterocycles. The van der Waals surface area contributed by atoms with Gasteiger partial charge in [-0.1, -0.05) is 67.7 Å². The topological polar surface area (TPSA) is 77.8 Å². The van der Waals surface area contributed by atoms with E-state index in [0.29, 0.717) is 12.8 Å². The van der Waals surface area contributed by atoms with E-state index in [4.69, 9.17) is 5.11 Å². The van der Waals surface area contributed by atoms with Gasteiger partial charge in [-0.05, 0) is 44.9 Å². The van der Waals surface area contributed by atoms with E-state index in [2.05, 4.69) is 67.7 Å². The van der Waals surface area contributed by atoms with Gasteiger partial charge in [-0.2, -0.15) is 0 Å². The predicted octanol–water partition coefficient (Wildman–Crippen LogP) is 4.95.